The van der Waals surface area contributed by atoms with Gasteiger partial charge in [-0.1, -0.05) is 25.6 Å². The number of amidine groups is 1. The molecule has 1 saturated heterocycles. The van der Waals surface area contributed by atoms with Gasteiger partial charge in [0.1, 0.15) is 6.54 Å². The maximum Gasteiger partial charge on any atom is 0.244 e. The Balaban J connectivity index is 2.42. The molecule has 1 amide bonds. The number of carbonyl (C=O) groups excluding carboxylic acids is 1. The number of carbonyl (C=O) groups is 1. The van der Waals surface area contributed by atoms with Gasteiger partial charge in [-0.25, -0.2) is 0 Å². The number of likely N-dealkylation sites (N-methyl/N-ethyl adjacent to an activating group) is 1. The third kappa shape index (κ3) is 4.22. The molecule has 1 rings (SSSR count). The standard InChI is InChI=1S/C12H23N3OS/c1-5-15(6-2)11(16)7-13-12-14-10(8-17-12)9(3)4/h9-10H,5-8H2,1-4H3,(H,13,14). The monoisotopic (exact) mass is 257 g/mol. The van der Waals surface area contributed by atoms with Crippen molar-refractivity contribution in [2.75, 3.05) is 25.4 Å². The fourth-order valence-corrected chi connectivity index (χ4v) is 2.87. The van der Waals surface area contributed by atoms with Gasteiger partial charge in [-0.15, -0.1) is 0 Å². The van der Waals surface area contributed by atoms with Gasteiger partial charge in [-0.2, -0.15) is 0 Å². The van der Waals surface area contributed by atoms with E-state index >= 15 is 0 Å². The molecule has 1 N–H and O–H groups in total. The van der Waals surface area contributed by atoms with Gasteiger partial charge in [0.25, 0.3) is 0 Å². The summed E-state index contributed by atoms with van der Waals surface area (Å²) >= 11 is 1.72. The van der Waals surface area contributed by atoms with Gasteiger partial charge in [0.15, 0.2) is 5.17 Å². The second-order valence-corrected chi connectivity index (χ2v) is 5.50. The smallest absolute Gasteiger partial charge is 0.244 e. The molecule has 1 heterocycles. The Hall–Kier alpha value is -0.710. The Labute approximate surface area is 108 Å². The molecule has 0 aliphatic carbocycles. The van der Waals surface area contributed by atoms with Crippen molar-refractivity contribution in [2.24, 2.45) is 10.9 Å². The second kappa shape index (κ2) is 6.89. The van der Waals surface area contributed by atoms with E-state index in [1.165, 1.54) is 0 Å². The molecule has 0 saturated carbocycles. The van der Waals surface area contributed by atoms with E-state index < -0.39 is 0 Å². The zero-order chi connectivity index (χ0) is 12.8. The average Bonchev–Trinajstić information content (AvgIpc) is 2.76. The highest BCUT2D eigenvalue weighted by Gasteiger charge is 2.23. The summed E-state index contributed by atoms with van der Waals surface area (Å²) in [5.41, 5.74) is 0. The molecule has 1 aliphatic heterocycles. The lowest BCUT2D eigenvalue weighted by Crippen LogP contribution is -2.34. The highest BCUT2D eigenvalue weighted by molar-refractivity contribution is 8.14. The van der Waals surface area contributed by atoms with Crippen LogP contribution in [0, 0.1) is 5.92 Å². The average molecular weight is 257 g/mol. The first kappa shape index (κ1) is 14.4. The van der Waals surface area contributed by atoms with E-state index in [9.17, 15) is 4.79 Å². The summed E-state index contributed by atoms with van der Waals surface area (Å²) in [4.78, 5) is 17.9. The predicted octanol–water partition coefficient (Wildman–Crippen LogP) is 1.57. The molecule has 0 aromatic rings. The first-order valence-corrected chi connectivity index (χ1v) is 7.28. The Kier molecular flexibility index (Phi) is 5.82. The predicted molar refractivity (Wildman–Crippen MR) is 74.4 cm³/mol. The molecule has 0 radical (unpaired) electrons. The normalized spacial score (nSPS) is 21.9. The van der Waals surface area contributed by atoms with Gasteiger partial charge >= 0.3 is 0 Å². The van der Waals surface area contributed by atoms with Crippen LogP contribution in [0.2, 0.25) is 0 Å². The molecule has 1 unspecified atom stereocenters. The molecule has 1 aliphatic rings. The fraction of sp³-hybridized carbons (Fsp3) is 0.833. The number of thioether (sulfide) groups is 1. The topological polar surface area (TPSA) is 44.7 Å². The third-order valence-electron chi connectivity index (χ3n) is 2.99. The third-order valence-corrected chi connectivity index (χ3v) is 4.03. The summed E-state index contributed by atoms with van der Waals surface area (Å²) in [6.45, 7) is 10.2. The largest absolute Gasteiger partial charge is 0.361 e. The Morgan fingerprint density at radius 2 is 2.18 bits per heavy atom. The lowest BCUT2D eigenvalue weighted by atomic mass is 10.1. The molecular formula is C12H23N3OS. The summed E-state index contributed by atoms with van der Waals surface area (Å²) in [7, 11) is 0. The fourth-order valence-electron chi connectivity index (χ4n) is 1.68. The molecule has 0 aromatic heterocycles. The Morgan fingerprint density at radius 1 is 1.53 bits per heavy atom. The van der Waals surface area contributed by atoms with Crippen LogP contribution < -0.4 is 5.32 Å². The molecular weight excluding hydrogens is 234 g/mol. The van der Waals surface area contributed by atoms with Crippen LogP contribution in [-0.2, 0) is 4.79 Å². The van der Waals surface area contributed by atoms with Crippen molar-refractivity contribution in [3.8, 4) is 0 Å². The summed E-state index contributed by atoms with van der Waals surface area (Å²) < 4.78 is 0. The van der Waals surface area contributed by atoms with Crippen LogP contribution in [0.4, 0.5) is 0 Å². The molecule has 0 spiro atoms. The quantitative estimate of drug-likeness (QED) is 0.813. The number of hydrogen-bond acceptors (Lipinski definition) is 3. The highest BCUT2D eigenvalue weighted by atomic mass is 32.2. The van der Waals surface area contributed by atoms with Crippen molar-refractivity contribution in [3.05, 3.63) is 0 Å². The van der Waals surface area contributed by atoms with Crippen LogP contribution in [0.5, 0.6) is 0 Å². The number of nitrogens with one attached hydrogen (secondary N) is 1. The van der Waals surface area contributed by atoms with Crippen LogP contribution in [-0.4, -0.2) is 47.4 Å². The maximum absolute atomic E-state index is 11.8. The Bertz CT molecular complexity index is 287. The molecule has 1 atom stereocenters. The van der Waals surface area contributed by atoms with Gasteiger partial charge in [0.05, 0.1) is 0 Å². The van der Waals surface area contributed by atoms with Crippen LogP contribution >= 0.6 is 11.8 Å². The number of nitrogens with zero attached hydrogens (tertiary/aromatic N) is 2. The van der Waals surface area contributed by atoms with E-state index in [-0.39, 0.29) is 12.5 Å². The lowest BCUT2D eigenvalue weighted by Gasteiger charge is -2.17. The molecule has 0 aromatic carbocycles. The van der Waals surface area contributed by atoms with Crippen molar-refractivity contribution in [2.45, 2.75) is 33.7 Å². The zero-order valence-corrected chi connectivity index (χ0v) is 12.0. The number of amides is 1. The van der Waals surface area contributed by atoms with Gasteiger partial charge in [0.2, 0.25) is 5.91 Å². The highest BCUT2D eigenvalue weighted by Crippen LogP contribution is 2.18. The van der Waals surface area contributed by atoms with Crippen LogP contribution in [0.1, 0.15) is 27.7 Å². The van der Waals surface area contributed by atoms with Crippen molar-refractivity contribution in [1.29, 1.82) is 0 Å². The molecule has 17 heavy (non-hydrogen) atoms. The van der Waals surface area contributed by atoms with E-state index in [0.29, 0.717) is 12.0 Å². The van der Waals surface area contributed by atoms with Crippen molar-refractivity contribution >= 4 is 22.8 Å². The van der Waals surface area contributed by atoms with Crippen LogP contribution in [0.15, 0.2) is 4.99 Å². The molecule has 4 nitrogen and oxygen atoms in total. The first-order chi connectivity index (χ1) is 8.08. The molecule has 98 valence electrons. The van der Waals surface area contributed by atoms with Crippen LogP contribution in [0.3, 0.4) is 0 Å². The van der Waals surface area contributed by atoms with Gasteiger partial charge in [0, 0.05) is 24.9 Å². The summed E-state index contributed by atoms with van der Waals surface area (Å²) in [6, 6.07) is 0.488. The minimum atomic E-state index is 0.109. The van der Waals surface area contributed by atoms with Gasteiger partial charge in [-0.05, 0) is 19.8 Å². The zero-order valence-electron chi connectivity index (χ0n) is 11.2. The van der Waals surface area contributed by atoms with E-state index in [0.717, 1.165) is 24.0 Å². The van der Waals surface area contributed by atoms with Crippen molar-refractivity contribution < 1.29 is 4.79 Å². The summed E-state index contributed by atoms with van der Waals surface area (Å²) in [5.74, 6) is 1.77. The Morgan fingerprint density at radius 3 is 2.65 bits per heavy atom. The summed E-state index contributed by atoms with van der Waals surface area (Å²) in [5, 5.41) is 4.28. The molecule has 0 bridgehead atoms. The van der Waals surface area contributed by atoms with E-state index in [1.54, 1.807) is 11.8 Å². The second-order valence-electron chi connectivity index (χ2n) is 4.49. The lowest BCUT2D eigenvalue weighted by molar-refractivity contribution is -0.129. The van der Waals surface area contributed by atoms with Crippen molar-refractivity contribution in [1.82, 2.24) is 10.2 Å². The van der Waals surface area contributed by atoms with E-state index in [2.05, 4.69) is 24.2 Å². The van der Waals surface area contributed by atoms with E-state index in [1.807, 2.05) is 18.7 Å². The van der Waals surface area contributed by atoms with Gasteiger partial charge < -0.3 is 10.2 Å². The molecule has 5 heteroatoms. The van der Waals surface area contributed by atoms with Crippen LogP contribution in [0.25, 0.3) is 0 Å². The maximum atomic E-state index is 11.8. The minimum Gasteiger partial charge on any atom is -0.361 e. The number of rotatable bonds is 5. The van der Waals surface area contributed by atoms with E-state index in [4.69, 9.17) is 0 Å². The van der Waals surface area contributed by atoms with Crippen molar-refractivity contribution in [3.63, 3.8) is 0 Å². The van der Waals surface area contributed by atoms with Gasteiger partial charge in [-0.3, -0.25) is 9.79 Å². The molecule has 1 fully saturated rings. The number of hydrogen-bond donors (Lipinski definition) is 1. The number of aliphatic imine (C=N–C) groups is 1. The summed E-state index contributed by atoms with van der Waals surface area (Å²) in [6.07, 6.45) is 0. The minimum absolute atomic E-state index is 0.109. The SMILES string of the molecule is CCN(CC)C(=O)CN=C1NC(C(C)C)CS1. The first-order valence-electron chi connectivity index (χ1n) is 6.30.